The molecule has 4 rings (SSSR count). The molecule has 2 heterocycles. The molecule has 5 nitrogen and oxygen atoms in total. The monoisotopic (exact) mass is 437 g/mol. The smallest absolute Gasteiger partial charge is 0.257 e. The first kappa shape index (κ1) is 20.3. The van der Waals surface area contributed by atoms with Crippen LogP contribution in [0.15, 0.2) is 53.1 Å². The predicted molar refractivity (Wildman–Crippen MR) is 120 cm³/mol. The van der Waals surface area contributed by atoms with E-state index >= 15 is 0 Å². The number of carbonyl (C=O) groups excluding carboxylic acids is 1. The molecule has 7 heteroatoms. The number of benzene rings is 2. The summed E-state index contributed by atoms with van der Waals surface area (Å²) in [4.78, 5) is 18.7. The van der Waals surface area contributed by atoms with Crippen LogP contribution in [0.3, 0.4) is 0 Å². The van der Waals surface area contributed by atoms with E-state index in [4.69, 9.17) is 21.1 Å². The number of hydrogen-bond donors (Lipinski definition) is 1. The van der Waals surface area contributed by atoms with E-state index in [9.17, 15) is 4.79 Å². The van der Waals surface area contributed by atoms with Gasteiger partial charge in [-0.1, -0.05) is 59.2 Å². The average molecular weight is 438 g/mol. The van der Waals surface area contributed by atoms with Crippen molar-refractivity contribution in [1.29, 1.82) is 0 Å². The molecule has 0 unspecified atom stereocenters. The molecule has 1 N–H and O–H groups in total. The molecular weight excluding hydrogens is 418 g/mol. The zero-order chi connectivity index (χ0) is 21.3. The average Bonchev–Trinajstić information content (AvgIpc) is 3.29. The molecule has 0 aliphatic rings. The van der Waals surface area contributed by atoms with Gasteiger partial charge in [0, 0.05) is 16.0 Å². The molecule has 0 fully saturated rings. The number of amides is 1. The van der Waals surface area contributed by atoms with E-state index < -0.39 is 0 Å². The standard InChI is InChI=1S/C23H20ClN3O2S/c1-13-8-4-5-9-16(13)23-26-14(2)19(30-23)12-25-22(28)20-15(3)29-27-21(20)17-10-6-7-11-18(17)24/h4-11H,12H2,1-3H3,(H,25,28). The maximum atomic E-state index is 13.0. The van der Waals surface area contributed by atoms with E-state index in [1.807, 2.05) is 37.3 Å². The van der Waals surface area contributed by atoms with E-state index in [2.05, 4.69) is 29.5 Å². The van der Waals surface area contributed by atoms with Crippen molar-refractivity contribution < 1.29 is 9.32 Å². The second-order valence-electron chi connectivity index (χ2n) is 6.97. The number of halogens is 1. The summed E-state index contributed by atoms with van der Waals surface area (Å²) in [5.74, 6) is 0.193. The Kier molecular flexibility index (Phi) is 5.70. The summed E-state index contributed by atoms with van der Waals surface area (Å²) in [5.41, 5.74) is 4.69. The van der Waals surface area contributed by atoms with Gasteiger partial charge in [-0.25, -0.2) is 4.98 Å². The fourth-order valence-electron chi connectivity index (χ4n) is 3.25. The van der Waals surface area contributed by atoms with Gasteiger partial charge in [-0.05, 0) is 32.4 Å². The molecule has 30 heavy (non-hydrogen) atoms. The third kappa shape index (κ3) is 3.88. The minimum atomic E-state index is -0.256. The van der Waals surface area contributed by atoms with Gasteiger partial charge in [0.25, 0.3) is 5.91 Å². The lowest BCUT2D eigenvalue weighted by Crippen LogP contribution is -2.23. The summed E-state index contributed by atoms with van der Waals surface area (Å²) in [5, 5.41) is 8.51. The number of nitrogens with zero attached hydrogens (tertiary/aromatic N) is 2. The minimum absolute atomic E-state index is 0.256. The lowest BCUT2D eigenvalue weighted by atomic mass is 10.1. The van der Waals surface area contributed by atoms with Gasteiger partial charge in [0.2, 0.25) is 0 Å². The van der Waals surface area contributed by atoms with Gasteiger partial charge < -0.3 is 9.84 Å². The molecular formula is C23H20ClN3O2S. The Hall–Kier alpha value is -2.96. The summed E-state index contributed by atoms with van der Waals surface area (Å²) in [6, 6.07) is 15.4. The maximum Gasteiger partial charge on any atom is 0.257 e. The van der Waals surface area contributed by atoms with Gasteiger partial charge in [-0.15, -0.1) is 11.3 Å². The molecule has 0 saturated heterocycles. The van der Waals surface area contributed by atoms with Crippen LogP contribution in [-0.2, 0) is 6.54 Å². The largest absolute Gasteiger partial charge is 0.360 e. The highest BCUT2D eigenvalue weighted by atomic mass is 35.5. The molecule has 0 spiro atoms. The molecule has 0 radical (unpaired) electrons. The fourth-order valence-corrected chi connectivity index (χ4v) is 4.56. The first-order valence-corrected chi connectivity index (χ1v) is 10.7. The van der Waals surface area contributed by atoms with Gasteiger partial charge in [0.05, 0.1) is 17.3 Å². The Morgan fingerprint density at radius 3 is 2.50 bits per heavy atom. The first-order chi connectivity index (χ1) is 14.5. The molecule has 2 aromatic carbocycles. The molecule has 1 amide bonds. The highest BCUT2D eigenvalue weighted by Crippen LogP contribution is 2.32. The number of aromatic nitrogens is 2. The lowest BCUT2D eigenvalue weighted by Gasteiger charge is -2.06. The van der Waals surface area contributed by atoms with Crippen LogP contribution in [0.2, 0.25) is 5.02 Å². The molecule has 2 aromatic heterocycles. The van der Waals surface area contributed by atoms with Crippen molar-refractivity contribution in [2.45, 2.75) is 27.3 Å². The second kappa shape index (κ2) is 8.42. The number of aryl methyl sites for hydroxylation is 3. The van der Waals surface area contributed by atoms with Crippen molar-refractivity contribution in [1.82, 2.24) is 15.5 Å². The van der Waals surface area contributed by atoms with Crippen LogP contribution in [0.4, 0.5) is 0 Å². The Morgan fingerprint density at radius 1 is 1.07 bits per heavy atom. The third-order valence-corrected chi connectivity index (χ3v) is 6.42. The van der Waals surface area contributed by atoms with Crippen molar-refractivity contribution in [3.8, 4) is 21.8 Å². The fraction of sp³-hybridized carbons (Fsp3) is 0.174. The zero-order valence-corrected chi connectivity index (χ0v) is 18.4. The molecule has 4 aromatic rings. The third-order valence-electron chi connectivity index (χ3n) is 4.90. The van der Waals surface area contributed by atoms with Crippen LogP contribution < -0.4 is 5.32 Å². The summed E-state index contributed by atoms with van der Waals surface area (Å²) in [7, 11) is 0. The topological polar surface area (TPSA) is 68.0 Å². The Bertz CT molecular complexity index is 1230. The van der Waals surface area contributed by atoms with Crippen molar-refractivity contribution in [3.63, 3.8) is 0 Å². The van der Waals surface area contributed by atoms with Crippen LogP contribution in [0.5, 0.6) is 0 Å². The van der Waals surface area contributed by atoms with Gasteiger partial charge in [-0.3, -0.25) is 4.79 Å². The molecule has 152 valence electrons. The van der Waals surface area contributed by atoms with E-state index in [0.29, 0.717) is 34.1 Å². The van der Waals surface area contributed by atoms with E-state index in [0.717, 1.165) is 21.1 Å². The van der Waals surface area contributed by atoms with Crippen LogP contribution >= 0.6 is 22.9 Å². The van der Waals surface area contributed by atoms with E-state index in [1.165, 1.54) is 5.56 Å². The summed E-state index contributed by atoms with van der Waals surface area (Å²) < 4.78 is 5.30. The summed E-state index contributed by atoms with van der Waals surface area (Å²) >= 11 is 7.88. The van der Waals surface area contributed by atoms with Crippen molar-refractivity contribution in [2.75, 3.05) is 0 Å². The van der Waals surface area contributed by atoms with Gasteiger partial charge in [0.15, 0.2) is 0 Å². The highest BCUT2D eigenvalue weighted by Gasteiger charge is 2.23. The SMILES string of the molecule is Cc1ccccc1-c1nc(C)c(CNC(=O)c2c(-c3ccccc3Cl)noc2C)s1. The number of hydrogen-bond acceptors (Lipinski definition) is 5. The quantitative estimate of drug-likeness (QED) is 0.417. The first-order valence-electron chi connectivity index (χ1n) is 9.47. The Balaban J connectivity index is 1.57. The van der Waals surface area contributed by atoms with Crippen LogP contribution in [0.1, 0.15) is 32.3 Å². The van der Waals surface area contributed by atoms with E-state index in [-0.39, 0.29) is 5.91 Å². The molecule has 0 bridgehead atoms. The number of carbonyl (C=O) groups is 1. The highest BCUT2D eigenvalue weighted by molar-refractivity contribution is 7.15. The number of rotatable bonds is 5. The lowest BCUT2D eigenvalue weighted by molar-refractivity contribution is 0.0950. The number of thiazole rings is 1. The normalized spacial score (nSPS) is 10.9. The van der Waals surface area contributed by atoms with Gasteiger partial charge in [0.1, 0.15) is 22.0 Å². The number of nitrogens with one attached hydrogen (secondary N) is 1. The Morgan fingerprint density at radius 2 is 1.77 bits per heavy atom. The van der Waals surface area contributed by atoms with Gasteiger partial charge in [-0.2, -0.15) is 0 Å². The molecule has 0 saturated carbocycles. The van der Waals surface area contributed by atoms with Gasteiger partial charge >= 0.3 is 0 Å². The van der Waals surface area contributed by atoms with E-state index in [1.54, 1.807) is 24.3 Å². The van der Waals surface area contributed by atoms with Crippen molar-refractivity contribution in [2.24, 2.45) is 0 Å². The molecule has 0 atom stereocenters. The summed E-state index contributed by atoms with van der Waals surface area (Å²) in [6.45, 7) is 6.12. The van der Waals surface area contributed by atoms with Crippen LogP contribution in [0, 0.1) is 20.8 Å². The summed E-state index contributed by atoms with van der Waals surface area (Å²) in [6.07, 6.45) is 0. The second-order valence-corrected chi connectivity index (χ2v) is 8.46. The van der Waals surface area contributed by atoms with Crippen LogP contribution in [-0.4, -0.2) is 16.0 Å². The molecule has 0 aliphatic carbocycles. The van der Waals surface area contributed by atoms with Crippen LogP contribution in [0.25, 0.3) is 21.8 Å². The maximum absolute atomic E-state index is 13.0. The van der Waals surface area contributed by atoms with Crippen molar-refractivity contribution >= 4 is 28.8 Å². The predicted octanol–water partition coefficient (Wildman–Crippen LogP) is 5.97. The van der Waals surface area contributed by atoms with Crippen molar-refractivity contribution in [3.05, 3.63) is 81.0 Å². The Labute approximate surface area is 183 Å². The zero-order valence-electron chi connectivity index (χ0n) is 16.8. The molecule has 0 aliphatic heterocycles. The minimum Gasteiger partial charge on any atom is -0.360 e.